The number of aryl methyl sites for hydroxylation is 1. The average molecular weight is 513 g/mol. The van der Waals surface area contributed by atoms with E-state index in [1.165, 1.54) is 19.2 Å². The molecule has 3 aromatic carbocycles. The van der Waals surface area contributed by atoms with E-state index in [0.717, 1.165) is 53.9 Å². The molecule has 3 aromatic rings. The summed E-state index contributed by atoms with van der Waals surface area (Å²) in [6.07, 6.45) is -2.37. The first-order valence-corrected chi connectivity index (χ1v) is 12.1. The van der Waals surface area contributed by atoms with Crippen LogP contribution in [0.15, 0.2) is 72.8 Å². The molecule has 0 radical (unpaired) electrons. The van der Waals surface area contributed by atoms with Gasteiger partial charge in [0.2, 0.25) is 0 Å². The quantitative estimate of drug-likeness (QED) is 0.294. The van der Waals surface area contributed by atoms with E-state index in [4.69, 9.17) is 0 Å². The Hall–Kier alpha value is -3.81. The van der Waals surface area contributed by atoms with Crippen LogP contribution in [0.2, 0.25) is 0 Å². The molecule has 0 aliphatic carbocycles. The number of benzene rings is 3. The van der Waals surface area contributed by atoms with Gasteiger partial charge in [-0.1, -0.05) is 43.3 Å². The van der Waals surface area contributed by atoms with Gasteiger partial charge in [-0.2, -0.15) is 13.2 Å². The number of hydrogen-bond donors (Lipinski definition) is 2. The van der Waals surface area contributed by atoms with E-state index < -0.39 is 11.7 Å². The zero-order chi connectivity index (χ0) is 26.8. The highest BCUT2D eigenvalue weighted by atomic mass is 19.4. The number of halogens is 3. The Labute approximate surface area is 215 Å². The number of esters is 1. The van der Waals surface area contributed by atoms with Crippen molar-refractivity contribution in [1.82, 2.24) is 5.32 Å². The number of hydrogen-bond acceptors (Lipinski definition) is 4. The number of ether oxygens (including phenoxy) is 1. The summed E-state index contributed by atoms with van der Waals surface area (Å²) in [5, 5.41) is 6.11. The number of anilines is 1. The van der Waals surface area contributed by atoms with Crippen LogP contribution in [0.25, 0.3) is 11.1 Å². The molecule has 196 valence electrons. The summed E-state index contributed by atoms with van der Waals surface area (Å²) in [7, 11) is 1.31. The lowest BCUT2D eigenvalue weighted by molar-refractivity contribution is -0.140. The number of carbonyl (C=O) groups excluding carboxylic acids is 2. The van der Waals surface area contributed by atoms with Crippen LogP contribution in [0.4, 0.5) is 18.9 Å². The molecule has 0 spiro atoms. The van der Waals surface area contributed by atoms with Crippen molar-refractivity contribution in [2.45, 2.75) is 32.4 Å². The van der Waals surface area contributed by atoms with Crippen LogP contribution in [0.5, 0.6) is 0 Å². The highest BCUT2D eigenvalue weighted by Gasteiger charge is 2.29. The van der Waals surface area contributed by atoms with E-state index in [0.29, 0.717) is 11.5 Å². The summed E-state index contributed by atoms with van der Waals surface area (Å²) in [5.41, 5.74) is 3.56. The van der Waals surface area contributed by atoms with E-state index in [-0.39, 0.29) is 24.8 Å². The average Bonchev–Trinajstić information content (AvgIpc) is 2.90. The van der Waals surface area contributed by atoms with E-state index in [2.05, 4.69) is 22.3 Å². The molecule has 0 saturated heterocycles. The van der Waals surface area contributed by atoms with Gasteiger partial charge in [0.25, 0.3) is 5.91 Å². The van der Waals surface area contributed by atoms with E-state index in [1.807, 2.05) is 36.4 Å². The normalized spacial score (nSPS) is 12.0. The van der Waals surface area contributed by atoms with Gasteiger partial charge in [0.1, 0.15) is 0 Å². The molecular weight excluding hydrogens is 481 g/mol. The van der Waals surface area contributed by atoms with Gasteiger partial charge in [-0.25, -0.2) is 0 Å². The van der Waals surface area contributed by atoms with Crippen molar-refractivity contribution in [3.8, 4) is 11.1 Å². The maximum absolute atomic E-state index is 12.8. The van der Waals surface area contributed by atoms with Crippen LogP contribution in [0.1, 0.15) is 41.3 Å². The van der Waals surface area contributed by atoms with Gasteiger partial charge < -0.3 is 15.4 Å². The molecule has 0 fully saturated rings. The predicted molar refractivity (Wildman–Crippen MR) is 138 cm³/mol. The maximum Gasteiger partial charge on any atom is 0.416 e. The molecule has 0 saturated carbocycles. The van der Waals surface area contributed by atoms with E-state index >= 15 is 0 Å². The fourth-order valence-corrected chi connectivity index (χ4v) is 3.74. The molecule has 0 bridgehead atoms. The monoisotopic (exact) mass is 512 g/mol. The summed E-state index contributed by atoms with van der Waals surface area (Å²) in [5.74, 6) is -0.192. The summed E-state index contributed by atoms with van der Waals surface area (Å²) in [6.45, 7) is 3.17. The van der Waals surface area contributed by atoms with Crippen LogP contribution in [0, 0.1) is 5.92 Å². The Morgan fingerprint density at radius 1 is 0.892 bits per heavy atom. The van der Waals surface area contributed by atoms with Crippen LogP contribution in [-0.2, 0) is 22.1 Å². The predicted octanol–water partition coefficient (Wildman–Crippen LogP) is 6.35. The van der Waals surface area contributed by atoms with Crippen molar-refractivity contribution in [2.75, 3.05) is 25.5 Å². The maximum atomic E-state index is 12.8. The topological polar surface area (TPSA) is 67.4 Å². The number of nitrogens with one attached hydrogen (secondary N) is 2. The molecular formula is C29H31F3N2O3. The fourth-order valence-electron chi connectivity index (χ4n) is 3.74. The fraction of sp³-hybridized carbons (Fsp3) is 0.310. The highest BCUT2D eigenvalue weighted by molar-refractivity contribution is 5.94. The molecule has 0 heterocycles. The Morgan fingerprint density at radius 2 is 1.49 bits per heavy atom. The van der Waals surface area contributed by atoms with Gasteiger partial charge in [-0.05, 0) is 71.8 Å². The van der Waals surface area contributed by atoms with Crippen molar-refractivity contribution in [3.05, 3.63) is 89.5 Å². The number of alkyl halides is 3. The Balaban J connectivity index is 1.41. The summed E-state index contributed by atoms with van der Waals surface area (Å²) >= 11 is 0. The van der Waals surface area contributed by atoms with Gasteiger partial charge >= 0.3 is 12.1 Å². The number of amides is 1. The van der Waals surface area contributed by atoms with Gasteiger partial charge in [0, 0.05) is 24.3 Å². The molecule has 0 aliphatic heterocycles. The summed E-state index contributed by atoms with van der Waals surface area (Å²) < 4.78 is 42.8. The number of methoxy groups -OCH3 is 1. The molecule has 8 heteroatoms. The Bertz CT molecular complexity index is 1160. The van der Waals surface area contributed by atoms with Crippen molar-refractivity contribution in [1.29, 1.82) is 0 Å². The van der Waals surface area contributed by atoms with Gasteiger partial charge in [0.05, 0.1) is 19.1 Å². The Morgan fingerprint density at radius 3 is 2.05 bits per heavy atom. The first-order valence-electron chi connectivity index (χ1n) is 12.1. The molecule has 0 aromatic heterocycles. The lowest BCUT2D eigenvalue weighted by Gasteiger charge is -2.14. The minimum atomic E-state index is -4.34. The second-order valence-electron chi connectivity index (χ2n) is 8.96. The minimum Gasteiger partial charge on any atom is -0.469 e. The third-order valence-electron chi connectivity index (χ3n) is 6.07. The molecule has 2 N–H and O–H groups in total. The van der Waals surface area contributed by atoms with Gasteiger partial charge in [-0.15, -0.1) is 0 Å². The lowest BCUT2D eigenvalue weighted by atomic mass is 10.00. The molecule has 1 amide bonds. The van der Waals surface area contributed by atoms with Crippen molar-refractivity contribution < 1.29 is 27.5 Å². The van der Waals surface area contributed by atoms with E-state index in [9.17, 15) is 22.8 Å². The van der Waals surface area contributed by atoms with Gasteiger partial charge in [0.15, 0.2) is 0 Å². The van der Waals surface area contributed by atoms with Crippen LogP contribution in [0.3, 0.4) is 0 Å². The lowest BCUT2D eigenvalue weighted by Crippen LogP contribution is -2.26. The zero-order valence-corrected chi connectivity index (χ0v) is 20.9. The van der Waals surface area contributed by atoms with Crippen molar-refractivity contribution in [2.24, 2.45) is 5.92 Å². The third kappa shape index (κ3) is 8.66. The first-order chi connectivity index (χ1) is 17.7. The smallest absolute Gasteiger partial charge is 0.416 e. The van der Waals surface area contributed by atoms with E-state index in [1.54, 1.807) is 12.1 Å². The Kier molecular flexibility index (Phi) is 9.71. The van der Waals surface area contributed by atoms with Crippen LogP contribution in [-0.4, -0.2) is 32.1 Å². The summed E-state index contributed by atoms with van der Waals surface area (Å²) in [4.78, 5) is 23.3. The highest BCUT2D eigenvalue weighted by Crippen LogP contribution is 2.31. The largest absolute Gasteiger partial charge is 0.469 e. The van der Waals surface area contributed by atoms with Crippen LogP contribution < -0.4 is 10.6 Å². The zero-order valence-electron chi connectivity index (χ0n) is 20.9. The minimum absolute atomic E-state index is 0.134. The second kappa shape index (κ2) is 12.9. The third-order valence-corrected chi connectivity index (χ3v) is 6.07. The SMILES string of the molecule is COC(=O)CCNC(=O)c1ccc(CCC(C)CNc2ccc(-c3ccc(C(F)(F)F)cc3)cc2)cc1. The summed E-state index contributed by atoms with van der Waals surface area (Å²) in [6, 6.07) is 20.2. The molecule has 5 nitrogen and oxygen atoms in total. The van der Waals surface area contributed by atoms with Crippen molar-refractivity contribution in [3.63, 3.8) is 0 Å². The van der Waals surface area contributed by atoms with Gasteiger partial charge in [-0.3, -0.25) is 9.59 Å². The standard InChI is InChI=1S/C29H31F3N2O3/c1-20(3-4-21-5-7-24(8-6-21)28(36)33-18-17-27(35)37-2)19-34-26-15-11-23(12-16-26)22-9-13-25(14-10-22)29(30,31)32/h5-16,20,34H,3-4,17-19H2,1-2H3,(H,33,36). The molecule has 1 unspecified atom stereocenters. The molecule has 0 aliphatic rings. The number of rotatable bonds is 11. The molecule has 3 rings (SSSR count). The molecule has 37 heavy (non-hydrogen) atoms. The first kappa shape index (κ1) is 27.8. The molecule has 1 atom stereocenters. The van der Waals surface area contributed by atoms with Crippen molar-refractivity contribution >= 4 is 17.6 Å². The van der Waals surface area contributed by atoms with Crippen LogP contribution >= 0.6 is 0 Å². The number of carbonyl (C=O) groups is 2. The second-order valence-corrected chi connectivity index (χ2v) is 8.96.